The summed E-state index contributed by atoms with van der Waals surface area (Å²) in [7, 11) is 2.04. The van der Waals surface area contributed by atoms with Crippen molar-refractivity contribution in [2.75, 3.05) is 0 Å². The van der Waals surface area contributed by atoms with E-state index in [9.17, 15) is 5.26 Å². The molecule has 0 spiro atoms. The van der Waals surface area contributed by atoms with Gasteiger partial charge >= 0.3 is 0 Å². The smallest absolute Gasteiger partial charge is 0.216 e. The summed E-state index contributed by atoms with van der Waals surface area (Å²) in [6, 6.07) is 24.7. The van der Waals surface area contributed by atoms with Gasteiger partial charge < -0.3 is 8.83 Å². The maximum Gasteiger partial charge on any atom is 0.216 e. The van der Waals surface area contributed by atoms with Crippen molar-refractivity contribution in [1.29, 1.82) is 5.26 Å². The van der Waals surface area contributed by atoms with Crippen LogP contribution in [0.4, 0.5) is 0 Å². The Morgan fingerprint density at radius 1 is 0.818 bits per heavy atom. The number of aromatic nitrogens is 1. The van der Waals surface area contributed by atoms with E-state index in [0.29, 0.717) is 5.56 Å². The lowest BCUT2D eigenvalue weighted by molar-refractivity contribution is -0.660. The number of nitrogens with zero attached hydrogens (tertiary/aromatic N) is 2. The highest BCUT2D eigenvalue weighted by Gasteiger charge is 2.23. The van der Waals surface area contributed by atoms with Gasteiger partial charge in [0, 0.05) is 33.9 Å². The maximum atomic E-state index is 9.93. The van der Waals surface area contributed by atoms with E-state index in [1.165, 1.54) is 0 Å². The molecule has 0 amide bonds. The molecule has 0 saturated carbocycles. The van der Waals surface area contributed by atoms with Crippen molar-refractivity contribution in [1.82, 2.24) is 0 Å². The van der Waals surface area contributed by atoms with Crippen LogP contribution in [0.15, 0.2) is 81.8 Å². The predicted molar refractivity (Wildman–Crippen MR) is 130 cm³/mol. The van der Waals surface area contributed by atoms with Gasteiger partial charge in [-0.25, -0.2) is 4.57 Å². The normalized spacial score (nSPS) is 11.5. The molecule has 3 aromatic carbocycles. The zero-order chi connectivity index (χ0) is 22.7. The molecule has 6 rings (SSSR count). The topological polar surface area (TPSA) is 54.0 Å². The van der Waals surface area contributed by atoms with Crippen LogP contribution in [0.3, 0.4) is 0 Å². The van der Waals surface area contributed by atoms with Crippen LogP contribution < -0.4 is 4.57 Å². The van der Waals surface area contributed by atoms with E-state index >= 15 is 0 Å². The molecule has 4 heteroatoms. The minimum absolute atomic E-state index is 0.588. The SMILES string of the molecule is Cc1cc2cc(-c3c(C#N)ccc4c3oc3c(-c5cccc[n+]5C)c(C)ccc34)ccc2o1. The molecule has 0 aliphatic rings. The molecule has 0 fully saturated rings. The van der Waals surface area contributed by atoms with E-state index in [1.807, 2.05) is 62.6 Å². The molecule has 4 nitrogen and oxygen atoms in total. The Balaban J connectivity index is 1.72. The molecule has 6 aromatic rings. The molecule has 0 unspecified atom stereocenters. The monoisotopic (exact) mass is 429 g/mol. The molecule has 0 saturated heterocycles. The van der Waals surface area contributed by atoms with Crippen LogP contribution in [0.25, 0.3) is 55.3 Å². The average molecular weight is 429 g/mol. The average Bonchev–Trinajstić information content (AvgIpc) is 3.37. The number of pyridine rings is 1. The van der Waals surface area contributed by atoms with Crippen molar-refractivity contribution in [2.24, 2.45) is 7.05 Å². The van der Waals surface area contributed by atoms with E-state index in [4.69, 9.17) is 8.83 Å². The molecule has 0 radical (unpaired) electrons. The second-order valence-electron chi connectivity index (χ2n) is 8.52. The van der Waals surface area contributed by atoms with Crippen LogP contribution in [0, 0.1) is 25.2 Å². The minimum Gasteiger partial charge on any atom is -0.461 e. The molecule has 0 atom stereocenters. The molecule has 0 bridgehead atoms. The molecule has 0 aliphatic heterocycles. The molecule has 158 valence electrons. The quantitative estimate of drug-likeness (QED) is 0.279. The first kappa shape index (κ1) is 19.3. The molecule has 3 heterocycles. The Hall–Kier alpha value is -4.36. The minimum atomic E-state index is 0.588. The molecular formula is C29H21N2O2+. The number of furan rings is 2. The van der Waals surface area contributed by atoms with Gasteiger partial charge in [-0.2, -0.15) is 5.26 Å². The number of aryl methyl sites for hydroxylation is 3. The van der Waals surface area contributed by atoms with Crippen molar-refractivity contribution < 1.29 is 13.4 Å². The first-order valence-corrected chi connectivity index (χ1v) is 10.9. The third-order valence-electron chi connectivity index (χ3n) is 6.38. The van der Waals surface area contributed by atoms with Crippen LogP contribution in [-0.2, 0) is 7.05 Å². The van der Waals surface area contributed by atoms with Crippen LogP contribution in [0.1, 0.15) is 16.9 Å². The first-order chi connectivity index (χ1) is 16.0. The number of benzene rings is 3. The van der Waals surface area contributed by atoms with Gasteiger partial charge in [-0.15, -0.1) is 0 Å². The van der Waals surface area contributed by atoms with Gasteiger partial charge in [-0.1, -0.05) is 18.2 Å². The number of hydrogen-bond donors (Lipinski definition) is 0. The Bertz CT molecular complexity index is 1760. The summed E-state index contributed by atoms with van der Waals surface area (Å²) in [6.45, 7) is 4.04. The highest BCUT2D eigenvalue weighted by Crippen LogP contribution is 2.42. The van der Waals surface area contributed by atoms with Crippen molar-refractivity contribution in [3.05, 3.63) is 89.8 Å². The lowest BCUT2D eigenvalue weighted by Gasteiger charge is -2.06. The highest BCUT2D eigenvalue weighted by molar-refractivity contribution is 6.14. The standard InChI is InChI=1S/C29H21N2O2/c1-17-7-10-22-23-11-8-20(16-30)27(19-9-12-25-21(15-19)14-18(2)32-25)29(23)33-28(22)26(17)24-6-4-5-13-31(24)3/h4-15H,1-3H3/q+1. The number of nitriles is 1. The Kier molecular flexibility index (Phi) is 4.15. The third kappa shape index (κ3) is 2.86. The maximum absolute atomic E-state index is 9.93. The van der Waals surface area contributed by atoms with Crippen molar-refractivity contribution in [2.45, 2.75) is 13.8 Å². The molecule has 3 aromatic heterocycles. The van der Waals surface area contributed by atoms with E-state index in [-0.39, 0.29) is 0 Å². The third-order valence-corrected chi connectivity index (χ3v) is 6.38. The van der Waals surface area contributed by atoms with Crippen LogP contribution in [0.5, 0.6) is 0 Å². The fraction of sp³-hybridized carbons (Fsp3) is 0.103. The van der Waals surface area contributed by atoms with Gasteiger partial charge in [0.15, 0.2) is 6.20 Å². The largest absolute Gasteiger partial charge is 0.461 e. The zero-order valence-electron chi connectivity index (χ0n) is 18.6. The second kappa shape index (κ2) is 7.08. The van der Waals surface area contributed by atoms with Gasteiger partial charge in [-0.05, 0) is 61.4 Å². The van der Waals surface area contributed by atoms with E-state index < -0.39 is 0 Å². The molecule has 0 aliphatic carbocycles. The summed E-state index contributed by atoms with van der Waals surface area (Å²) in [5.74, 6) is 0.862. The molecule has 33 heavy (non-hydrogen) atoms. The summed E-state index contributed by atoms with van der Waals surface area (Å²) in [4.78, 5) is 0. The summed E-state index contributed by atoms with van der Waals surface area (Å²) in [6.07, 6.45) is 2.04. The lowest BCUT2D eigenvalue weighted by atomic mass is 9.95. The van der Waals surface area contributed by atoms with Gasteiger partial charge in [0.2, 0.25) is 5.69 Å². The molecule has 0 N–H and O–H groups in total. The van der Waals surface area contributed by atoms with E-state index in [0.717, 1.165) is 66.6 Å². The summed E-state index contributed by atoms with van der Waals surface area (Å²) in [5.41, 5.74) is 8.03. The fourth-order valence-electron chi connectivity index (χ4n) is 4.81. The summed E-state index contributed by atoms with van der Waals surface area (Å²) < 4.78 is 14.5. The number of fused-ring (bicyclic) bond motifs is 4. The van der Waals surface area contributed by atoms with Crippen LogP contribution >= 0.6 is 0 Å². The number of rotatable bonds is 2. The van der Waals surface area contributed by atoms with Crippen molar-refractivity contribution in [3.8, 4) is 28.5 Å². The van der Waals surface area contributed by atoms with Gasteiger partial charge in [0.05, 0.1) is 17.2 Å². The van der Waals surface area contributed by atoms with Gasteiger partial charge in [0.25, 0.3) is 0 Å². The van der Waals surface area contributed by atoms with Crippen LogP contribution in [-0.4, -0.2) is 0 Å². The first-order valence-electron chi connectivity index (χ1n) is 10.9. The van der Waals surface area contributed by atoms with E-state index in [2.05, 4.69) is 41.8 Å². The van der Waals surface area contributed by atoms with Crippen LogP contribution in [0.2, 0.25) is 0 Å². The Morgan fingerprint density at radius 3 is 2.39 bits per heavy atom. The number of hydrogen-bond acceptors (Lipinski definition) is 3. The van der Waals surface area contributed by atoms with Crippen molar-refractivity contribution >= 4 is 32.9 Å². The molecular weight excluding hydrogens is 408 g/mol. The highest BCUT2D eigenvalue weighted by atomic mass is 16.3. The van der Waals surface area contributed by atoms with E-state index in [1.54, 1.807) is 0 Å². The summed E-state index contributed by atoms with van der Waals surface area (Å²) >= 11 is 0. The summed E-state index contributed by atoms with van der Waals surface area (Å²) in [5, 5.41) is 13.0. The van der Waals surface area contributed by atoms with Gasteiger partial charge in [0.1, 0.15) is 29.6 Å². The van der Waals surface area contributed by atoms with Gasteiger partial charge in [-0.3, -0.25) is 0 Å². The zero-order valence-corrected chi connectivity index (χ0v) is 18.6. The Labute approximate surface area is 190 Å². The predicted octanol–water partition coefficient (Wildman–Crippen LogP) is 6.98. The fourth-order valence-corrected chi connectivity index (χ4v) is 4.81. The second-order valence-corrected chi connectivity index (χ2v) is 8.52. The van der Waals surface area contributed by atoms with Crippen molar-refractivity contribution in [3.63, 3.8) is 0 Å². The Morgan fingerprint density at radius 2 is 1.61 bits per heavy atom. The lowest BCUT2D eigenvalue weighted by Crippen LogP contribution is -2.30.